The van der Waals surface area contributed by atoms with E-state index in [1.165, 1.54) is 0 Å². The molecule has 2 heterocycles. The Morgan fingerprint density at radius 3 is 2.20 bits per heavy atom. The normalized spacial score (nSPS) is 17.7. The van der Waals surface area contributed by atoms with E-state index in [2.05, 4.69) is 10.3 Å². The van der Waals surface area contributed by atoms with Gasteiger partial charge in [0, 0.05) is 43.7 Å². The second-order valence-electron chi connectivity index (χ2n) is 11.4. The zero-order valence-corrected chi connectivity index (χ0v) is 26.8. The van der Waals surface area contributed by atoms with Gasteiger partial charge < -0.3 is 24.5 Å². The van der Waals surface area contributed by atoms with Gasteiger partial charge in [-0.1, -0.05) is 84.6 Å². The first-order valence-electron chi connectivity index (χ1n) is 15.2. The second kappa shape index (κ2) is 14.9. The van der Waals surface area contributed by atoms with Crippen molar-refractivity contribution < 1.29 is 41.3 Å². The van der Waals surface area contributed by atoms with Gasteiger partial charge in [-0.15, -0.1) is 0 Å². The Bertz CT molecular complexity index is 1930. The zero-order chi connectivity index (χ0) is 34.7. The van der Waals surface area contributed by atoms with E-state index in [0.29, 0.717) is 23.3 Å². The molecule has 1 aromatic heterocycles. The van der Waals surface area contributed by atoms with E-state index in [9.17, 15) is 31.9 Å². The van der Waals surface area contributed by atoms with Crippen LogP contribution in [0.5, 0.6) is 0 Å². The molecule has 0 bridgehead atoms. The SMILES string of the molecule is Cn1ccnc1SC[C@@H]1C[C@H](c2ccc(CO)cc2)O[C@H](c2ccc(-c3ccccc3CNC(=O)c3c(F)c(F)c(F)c(F)c3F)cc2)O1. The predicted octanol–water partition coefficient (Wildman–Crippen LogP) is 7.54. The van der Waals surface area contributed by atoms with Gasteiger partial charge in [-0.2, -0.15) is 0 Å². The van der Waals surface area contributed by atoms with Gasteiger partial charge in [-0.05, 0) is 27.8 Å². The molecule has 0 spiro atoms. The number of nitrogens with zero attached hydrogens (tertiary/aromatic N) is 2. The lowest BCUT2D eigenvalue weighted by Gasteiger charge is -2.36. The van der Waals surface area contributed by atoms with Crippen molar-refractivity contribution in [2.45, 2.75) is 43.2 Å². The van der Waals surface area contributed by atoms with Gasteiger partial charge in [0.15, 0.2) is 34.7 Å². The van der Waals surface area contributed by atoms with Gasteiger partial charge in [0.2, 0.25) is 5.82 Å². The summed E-state index contributed by atoms with van der Waals surface area (Å²) in [6, 6.07) is 21.9. The van der Waals surface area contributed by atoms with Gasteiger partial charge in [0.05, 0.1) is 18.8 Å². The maximum atomic E-state index is 14.2. The highest BCUT2D eigenvalue weighted by Crippen LogP contribution is 2.40. The molecular weight excluding hydrogens is 665 g/mol. The summed E-state index contributed by atoms with van der Waals surface area (Å²) in [7, 11) is 1.93. The average Bonchev–Trinajstić information content (AvgIpc) is 3.55. The van der Waals surface area contributed by atoms with E-state index >= 15 is 0 Å². The number of carbonyl (C=O) groups is 1. The molecule has 13 heteroatoms. The molecular formula is C36H30F5N3O4S. The van der Waals surface area contributed by atoms with Crippen molar-refractivity contribution in [3.05, 3.63) is 142 Å². The summed E-state index contributed by atoms with van der Waals surface area (Å²) < 4.78 is 84.0. The molecule has 49 heavy (non-hydrogen) atoms. The van der Waals surface area contributed by atoms with Crippen LogP contribution in [-0.4, -0.2) is 32.4 Å². The number of hydrogen-bond acceptors (Lipinski definition) is 6. The largest absolute Gasteiger partial charge is 0.392 e. The van der Waals surface area contributed by atoms with E-state index in [1.54, 1.807) is 42.2 Å². The van der Waals surface area contributed by atoms with Crippen molar-refractivity contribution in [1.82, 2.24) is 14.9 Å². The zero-order valence-electron chi connectivity index (χ0n) is 26.0. The molecule has 254 valence electrons. The summed E-state index contributed by atoms with van der Waals surface area (Å²) in [5.41, 5.74) is 2.89. The van der Waals surface area contributed by atoms with Crippen LogP contribution >= 0.6 is 11.8 Å². The summed E-state index contributed by atoms with van der Waals surface area (Å²) in [6.07, 6.45) is 3.07. The molecule has 3 atom stereocenters. The first-order chi connectivity index (χ1) is 23.6. The minimum Gasteiger partial charge on any atom is -0.392 e. The van der Waals surface area contributed by atoms with Crippen molar-refractivity contribution >= 4 is 17.7 Å². The Balaban J connectivity index is 1.20. The number of nitrogens with one attached hydrogen (secondary N) is 1. The minimum absolute atomic E-state index is 0.0619. The number of aliphatic hydroxyl groups is 1. The highest BCUT2D eigenvalue weighted by Gasteiger charge is 2.33. The van der Waals surface area contributed by atoms with Gasteiger partial charge in [0.1, 0.15) is 5.56 Å². The number of halogens is 5. The summed E-state index contributed by atoms with van der Waals surface area (Å²) in [6.45, 7) is -0.315. The van der Waals surface area contributed by atoms with Gasteiger partial charge in [-0.25, -0.2) is 26.9 Å². The maximum Gasteiger partial charge on any atom is 0.257 e. The van der Waals surface area contributed by atoms with E-state index in [0.717, 1.165) is 27.4 Å². The number of thioether (sulfide) groups is 1. The Labute approximate surface area is 282 Å². The predicted molar refractivity (Wildman–Crippen MR) is 172 cm³/mol. The van der Waals surface area contributed by atoms with Gasteiger partial charge >= 0.3 is 0 Å². The number of amides is 1. The molecule has 5 aromatic rings. The number of aryl methyl sites for hydroxylation is 1. The molecule has 1 aliphatic heterocycles. The number of ether oxygens (including phenoxy) is 2. The number of benzene rings is 4. The fraction of sp³-hybridized carbons (Fsp3) is 0.222. The van der Waals surface area contributed by atoms with Crippen LogP contribution in [-0.2, 0) is 29.7 Å². The molecule has 1 saturated heterocycles. The molecule has 1 aliphatic rings. The van der Waals surface area contributed by atoms with Crippen LogP contribution in [0.15, 0.2) is 90.3 Å². The quantitative estimate of drug-likeness (QED) is 0.0680. The van der Waals surface area contributed by atoms with Crippen LogP contribution < -0.4 is 5.32 Å². The minimum atomic E-state index is -2.34. The van der Waals surface area contributed by atoms with Crippen LogP contribution in [0.3, 0.4) is 0 Å². The summed E-state index contributed by atoms with van der Waals surface area (Å²) >= 11 is 1.58. The first-order valence-corrected chi connectivity index (χ1v) is 16.2. The van der Waals surface area contributed by atoms with E-state index in [1.807, 2.05) is 66.3 Å². The number of imidazole rings is 1. The van der Waals surface area contributed by atoms with Crippen molar-refractivity contribution in [2.24, 2.45) is 7.05 Å². The van der Waals surface area contributed by atoms with E-state index < -0.39 is 46.8 Å². The Kier molecular flexibility index (Phi) is 10.4. The van der Waals surface area contributed by atoms with Crippen LogP contribution in [0.1, 0.15) is 51.4 Å². The van der Waals surface area contributed by atoms with Gasteiger partial charge in [0.25, 0.3) is 5.91 Å². The number of aliphatic hydroxyl groups excluding tert-OH is 1. The summed E-state index contributed by atoms with van der Waals surface area (Å²) in [5.74, 6) is -11.9. The smallest absolute Gasteiger partial charge is 0.257 e. The molecule has 0 aliphatic carbocycles. The Morgan fingerprint density at radius 1 is 0.898 bits per heavy atom. The highest BCUT2D eigenvalue weighted by atomic mass is 32.2. The molecule has 7 nitrogen and oxygen atoms in total. The molecule has 0 saturated carbocycles. The fourth-order valence-electron chi connectivity index (χ4n) is 5.53. The molecule has 0 radical (unpaired) electrons. The molecule has 1 amide bonds. The number of hydrogen-bond donors (Lipinski definition) is 2. The van der Waals surface area contributed by atoms with Crippen LogP contribution in [0.4, 0.5) is 22.0 Å². The molecule has 6 rings (SSSR count). The first kappa shape index (κ1) is 34.3. The van der Waals surface area contributed by atoms with Crippen LogP contribution in [0.25, 0.3) is 11.1 Å². The molecule has 2 N–H and O–H groups in total. The van der Waals surface area contributed by atoms with Crippen LogP contribution in [0.2, 0.25) is 0 Å². The number of rotatable bonds is 10. The van der Waals surface area contributed by atoms with E-state index in [4.69, 9.17) is 9.47 Å². The van der Waals surface area contributed by atoms with Crippen molar-refractivity contribution in [3.8, 4) is 11.1 Å². The third-order valence-corrected chi connectivity index (χ3v) is 9.37. The maximum absolute atomic E-state index is 14.2. The Morgan fingerprint density at radius 2 is 1.55 bits per heavy atom. The lowest BCUT2D eigenvalue weighted by Crippen LogP contribution is -2.31. The van der Waals surface area contributed by atoms with Crippen LogP contribution in [0, 0.1) is 29.1 Å². The average molecular weight is 696 g/mol. The molecule has 4 aromatic carbocycles. The number of aromatic nitrogens is 2. The van der Waals surface area contributed by atoms with Crippen molar-refractivity contribution in [3.63, 3.8) is 0 Å². The monoisotopic (exact) mass is 695 g/mol. The standard InChI is InChI=1S/C36H30F5N3O4S/c1-44-15-14-42-36(44)49-19-25-16-27(22-8-6-20(18-45)7-9-22)48-35(47-25)23-12-10-21(11-13-23)26-5-3-2-4-24(26)17-43-34(46)28-29(37)31(39)33(41)32(40)30(28)38/h2-15,25,27,35,45H,16-19H2,1H3,(H,43,46)/t25-,27+,35+/m0/s1. The van der Waals surface area contributed by atoms with Crippen molar-refractivity contribution in [2.75, 3.05) is 5.75 Å². The third kappa shape index (κ3) is 7.39. The summed E-state index contributed by atoms with van der Waals surface area (Å²) in [5, 5.41) is 12.6. The highest BCUT2D eigenvalue weighted by molar-refractivity contribution is 7.99. The number of carbonyl (C=O) groups excluding carboxylic acids is 1. The van der Waals surface area contributed by atoms with Crippen molar-refractivity contribution in [1.29, 1.82) is 0 Å². The van der Waals surface area contributed by atoms with E-state index in [-0.39, 0.29) is 25.4 Å². The Hall–Kier alpha value is -4.56. The molecule has 1 fully saturated rings. The fourth-order valence-corrected chi connectivity index (χ4v) is 6.47. The lowest BCUT2D eigenvalue weighted by atomic mass is 9.97. The summed E-state index contributed by atoms with van der Waals surface area (Å²) in [4.78, 5) is 17.0. The molecule has 0 unspecified atom stereocenters. The third-order valence-electron chi connectivity index (χ3n) is 8.18. The topological polar surface area (TPSA) is 85.6 Å². The van der Waals surface area contributed by atoms with Gasteiger partial charge in [-0.3, -0.25) is 4.79 Å². The second-order valence-corrected chi connectivity index (χ2v) is 12.4. The lowest BCUT2D eigenvalue weighted by molar-refractivity contribution is -0.245.